The standard InChI is InChI=1S/C17H16FN3S/c18-14-8-10-15(11-9-14)19-17(22)21-12-4-7-16(20-21)13-5-2-1-3-6-13/h1-3,5-6,8-11H,4,7,12H2,(H,19,22). The van der Waals surface area contributed by atoms with Gasteiger partial charge in [-0.15, -0.1) is 0 Å². The SMILES string of the molecule is Fc1ccc(NC(=S)N2CCCC(c3ccccc3)=N2)cc1. The van der Waals surface area contributed by atoms with Crippen LogP contribution in [0.25, 0.3) is 0 Å². The van der Waals surface area contributed by atoms with Gasteiger partial charge < -0.3 is 5.32 Å². The summed E-state index contributed by atoms with van der Waals surface area (Å²) in [6.07, 6.45) is 1.94. The van der Waals surface area contributed by atoms with E-state index in [2.05, 4.69) is 22.6 Å². The Morgan fingerprint density at radius 2 is 1.82 bits per heavy atom. The van der Waals surface area contributed by atoms with Gasteiger partial charge in [0, 0.05) is 12.2 Å². The molecule has 0 radical (unpaired) electrons. The number of hydrogen-bond acceptors (Lipinski definition) is 2. The minimum Gasteiger partial charge on any atom is -0.331 e. The molecule has 1 aliphatic rings. The molecule has 2 aromatic rings. The van der Waals surface area contributed by atoms with Gasteiger partial charge in [-0.2, -0.15) is 5.10 Å². The lowest BCUT2D eigenvalue weighted by Gasteiger charge is -2.26. The van der Waals surface area contributed by atoms with E-state index < -0.39 is 0 Å². The molecule has 0 spiro atoms. The van der Waals surface area contributed by atoms with Crippen molar-refractivity contribution in [3.8, 4) is 0 Å². The molecule has 1 aliphatic heterocycles. The van der Waals surface area contributed by atoms with Gasteiger partial charge >= 0.3 is 0 Å². The number of rotatable bonds is 2. The van der Waals surface area contributed by atoms with E-state index in [4.69, 9.17) is 12.2 Å². The number of halogens is 1. The summed E-state index contributed by atoms with van der Waals surface area (Å²) < 4.78 is 12.9. The average molecular weight is 313 g/mol. The van der Waals surface area contributed by atoms with Crippen molar-refractivity contribution in [2.75, 3.05) is 11.9 Å². The Bertz CT molecular complexity index is 683. The Hall–Kier alpha value is -2.27. The van der Waals surface area contributed by atoms with E-state index in [1.54, 1.807) is 17.1 Å². The summed E-state index contributed by atoms with van der Waals surface area (Å²) >= 11 is 5.41. The third kappa shape index (κ3) is 3.49. The Balaban J connectivity index is 1.73. The van der Waals surface area contributed by atoms with Crippen molar-refractivity contribution in [1.29, 1.82) is 0 Å². The van der Waals surface area contributed by atoms with Crippen LogP contribution in [0.5, 0.6) is 0 Å². The lowest BCUT2D eigenvalue weighted by Crippen LogP contribution is -2.35. The second-order valence-corrected chi connectivity index (χ2v) is 5.46. The molecule has 1 N–H and O–H groups in total. The molecule has 3 nitrogen and oxygen atoms in total. The fourth-order valence-electron chi connectivity index (χ4n) is 2.34. The second-order valence-electron chi connectivity index (χ2n) is 5.08. The maximum absolute atomic E-state index is 12.9. The Morgan fingerprint density at radius 3 is 2.55 bits per heavy atom. The molecule has 0 amide bonds. The van der Waals surface area contributed by atoms with Crippen molar-refractivity contribution in [3.05, 3.63) is 66.0 Å². The summed E-state index contributed by atoms with van der Waals surface area (Å²) in [5.41, 5.74) is 2.92. The molecule has 0 saturated heterocycles. The molecule has 0 unspecified atom stereocenters. The average Bonchev–Trinajstić information content (AvgIpc) is 2.58. The van der Waals surface area contributed by atoms with Crippen LogP contribution in [0.4, 0.5) is 10.1 Å². The van der Waals surface area contributed by atoms with Crippen LogP contribution in [-0.2, 0) is 0 Å². The highest BCUT2D eigenvalue weighted by Crippen LogP contribution is 2.16. The van der Waals surface area contributed by atoms with E-state index in [0.717, 1.165) is 36.3 Å². The number of benzene rings is 2. The smallest absolute Gasteiger partial charge is 0.194 e. The van der Waals surface area contributed by atoms with Crippen LogP contribution in [0.15, 0.2) is 59.7 Å². The van der Waals surface area contributed by atoms with E-state index in [9.17, 15) is 4.39 Å². The predicted molar refractivity (Wildman–Crippen MR) is 91.5 cm³/mol. The number of hydrogen-bond donors (Lipinski definition) is 1. The zero-order valence-corrected chi connectivity index (χ0v) is 12.8. The van der Waals surface area contributed by atoms with Gasteiger partial charge in [-0.3, -0.25) is 0 Å². The first-order chi connectivity index (χ1) is 10.7. The van der Waals surface area contributed by atoms with Gasteiger partial charge in [0.15, 0.2) is 5.11 Å². The van der Waals surface area contributed by atoms with E-state index in [0.29, 0.717) is 5.11 Å². The molecule has 112 valence electrons. The Morgan fingerprint density at radius 1 is 1.09 bits per heavy atom. The van der Waals surface area contributed by atoms with Crippen molar-refractivity contribution < 1.29 is 4.39 Å². The highest BCUT2D eigenvalue weighted by atomic mass is 32.1. The van der Waals surface area contributed by atoms with Crippen molar-refractivity contribution in [2.24, 2.45) is 5.10 Å². The number of anilines is 1. The van der Waals surface area contributed by atoms with Crippen molar-refractivity contribution in [2.45, 2.75) is 12.8 Å². The van der Waals surface area contributed by atoms with Gasteiger partial charge in [-0.25, -0.2) is 9.40 Å². The van der Waals surface area contributed by atoms with Crippen LogP contribution >= 0.6 is 12.2 Å². The zero-order valence-electron chi connectivity index (χ0n) is 12.0. The minimum absolute atomic E-state index is 0.265. The first-order valence-corrected chi connectivity index (χ1v) is 7.60. The van der Waals surface area contributed by atoms with E-state index >= 15 is 0 Å². The lowest BCUT2D eigenvalue weighted by atomic mass is 10.0. The molecule has 0 aliphatic carbocycles. The molecular weight excluding hydrogens is 297 g/mol. The molecule has 0 atom stereocenters. The number of thiocarbonyl (C=S) groups is 1. The monoisotopic (exact) mass is 313 g/mol. The van der Waals surface area contributed by atoms with Gasteiger partial charge in [-0.05, 0) is 54.9 Å². The van der Waals surface area contributed by atoms with Gasteiger partial charge in [0.05, 0.1) is 5.71 Å². The molecular formula is C17H16FN3S. The van der Waals surface area contributed by atoms with Gasteiger partial charge in [0.2, 0.25) is 0 Å². The fourth-order valence-corrected chi connectivity index (χ4v) is 2.59. The highest BCUT2D eigenvalue weighted by Gasteiger charge is 2.16. The van der Waals surface area contributed by atoms with Gasteiger partial charge in [-0.1, -0.05) is 30.3 Å². The number of hydrazone groups is 1. The Kier molecular flexibility index (Phi) is 4.44. The van der Waals surface area contributed by atoms with Crippen LogP contribution in [0.2, 0.25) is 0 Å². The maximum Gasteiger partial charge on any atom is 0.194 e. The third-order valence-corrected chi connectivity index (χ3v) is 3.77. The molecule has 0 fully saturated rings. The molecule has 0 saturated carbocycles. The predicted octanol–water partition coefficient (Wildman–Crippen LogP) is 4.02. The first kappa shape index (κ1) is 14.7. The summed E-state index contributed by atoms with van der Waals surface area (Å²) in [4.78, 5) is 0. The van der Waals surface area contributed by atoms with Crippen molar-refractivity contribution in [3.63, 3.8) is 0 Å². The van der Waals surface area contributed by atoms with Crippen molar-refractivity contribution >= 4 is 28.7 Å². The summed E-state index contributed by atoms with van der Waals surface area (Å²) in [6, 6.07) is 16.2. The minimum atomic E-state index is -0.265. The number of nitrogens with one attached hydrogen (secondary N) is 1. The summed E-state index contributed by atoms with van der Waals surface area (Å²) in [6.45, 7) is 0.781. The lowest BCUT2D eigenvalue weighted by molar-refractivity contribution is 0.424. The Labute approximate surface area is 134 Å². The van der Waals surface area contributed by atoms with E-state index in [1.807, 2.05) is 18.2 Å². The summed E-state index contributed by atoms with van der Waals surface area (Å²) in [5, 5.41) is 10.1. The summed E-state index contributed by atoms with van der Waals surface area (Å²) in [7, 11) is 0. The van der Waals surface area contributed by atoms with Gasteiger partial charge in [0.1, 0.15) is 5.82 Å². The molecule has 1 heterocycles. The zero-order chi connectivity index (χ0) is 15.4. The quantitative estimate of drug-likeness (QED) is 0.849. The normalized spacial score (nSPS) is 14.4. The van der Waals surface area contributed by atoms with Gasteiger partial charge in [0.25, 0.3) is 0 Å². The van der Waals surface area contributed by atoms with Crippen LogP contribution < -0.4 is 5.32 Å². The maximum atomic E-state index is 12.9. The molecule has 5 heteroatoms. The summed E-state index contributed by atoms with van der Waals surface area (Å²) in [5.74, 6) is -0.265. The molecule has 2 aromatic carbocycles. The van der Waals surface area contributed by atoms with Crippen LogP contribution in [0.3, 0.4) is 0 Å². The number of nitrogens with zero attached hydrogens (tertiary/aromatic N) is 2. The topological polar surface area (TPSA) is 27.6 Å². The second kappa shape index (κ2) is 6.66. The molecule has 0 bridgehead atoms. The van der Waals surface area contributed by atoms with Crippen LogP contribution in [0, 0.1) is 5.82 Å². The van der Waals surface area contributed by atoms with E-state index in [-0.39, 0.29) is 5.82 Å². The first-order valence-electron chi connectivity index (χ1n) is 7.19. The fraction of sp³-hybridized carbons (Fsp3) is 0.176. The largest absolute Gasteiger partial charge is 0.331 e. The third-order valence-electron chi connectivity index (χ3n) is 3.46. The van der Waals surface area contributed by atoms with Crippen LogP contribution in [0.1, 0.15) is 18.4 Å². The van der Waals surface area contributed by atoms with Crippen molar-refractivity contribution in [1.82, 2.24) is 5.01 Å². The molecule has 3 rings (SSSR count). The van der Waals surface area contributed by atoms with E-state index in [1.165, 1.54) is 12.1 Å². The molecule has 0 aromatic heterocycles. The highest BCUT2D eigenvalue weighted by molar-refractivity contribution is 7.80. The van der Waals surface area contributed by atoms with Crippen LogP contribution in [-0.4, -0.2) is 22.4 Å². The molecule has 22 heavy (non-hydrogen) atoms.